The predicted molar refractivity (Wildman–Crippen MR) is 87.2 cm³/mol. The van der Waals surface area contributed by atoms with E-state index >= 15 is 0 Å². The van der Waals surface area contributed by atoms with Crippen molar-refractivity contribution >= 4 is 11.6 Å². The number of aliphatic hydroxyl groups excluding tert-OH is 1. The van der Waals surface area contributed by atoms with Crippen molar-refractivity contribution in [2.24, 2.45) is 0 Å². The molecule has 1 fully saturated rings. The Morgan fingerprint density at radius 3 is 3.00 bits per heavy atom. The molecule has 0 saturated carbocycles. The lowest BCUT2D eigenvalue weighted by atomic mass is 10.1. The first-order valence-electron chi connectivity index (χ1n) is 8.01. The van der Waals surface area contributed by atoms with Crippen LogP contribution >= 0.6 is 0 Å². The van der Waals surface area contributed by atoms with Crippen LogP contribution in [0, 0.1) is 0 Å². The molecule has 1 heterocycles. The number of likely N-dealkylation sites (tertiary alicyclic amines) is 1. The number of carbonyl (C=O) groups is 1. The number of benzene rings is 1. The molecule has 1 aromatic carbocycles. The van der Waals surface area contributed by atoms with Crippen molar-refractivity contribution in [3.63, 3.8) is 0 Å². The molecule has 5 nitrogen and oxygen atoms in total. The lowest BCUT2D eigenvalue weighted by Crippen LogP contribution is -2.42. The molecular formula is C17H26N2O3. The summed E-state index contributed by atoms with van der Waals surface area (Å²) in [6, 6.07) is 7.59. The SMILES string of the molecule is COCCCCNc1ccccc1C(=O)N1CCCC(O)C1. The number of piperidine rings is 1. The molecule has 1 amide bonds. The van der Waals surface area contributed by atoms with Crippen molar-refractivity contribution in [3.8, 4) is 0 Å². The first kappa shape index (κ1) is 16.8. The van der Waals surface area contributed by atoms with Crippen LogP contribution in [0.15, 0.2) is 24.3 Å². The molecule has 0 spiro atoms. The first-order valence-corrected chi connectivity index (χ1v) is 8.01. The van der Waals surface area contributed by atoms with Gasteiger partial charge in [-0.3, -0.25) is 4.79 Å². The van der Waals surface area contributed by atoms with Crippen molar-refractivity contribution < 1.29 is 14.6 Å². The van der Waals surface area contributed by atoms with Crippen LogP contribution in [0.1, 0.15) is 36.0 Å². The van der Waals surface area contributed by atoms with Crippen molar-refractivity contribution in [1.82, 2.24) is 4.90 Å². The Morgan fingerprint density at radius 1 is 1.41 bits per heavy atom. The van der Waals surface area contributed by atoms with E-state index in [-0.39, 0.29) is 5.91 Å². The third-order valence-electron chi connectivity index (χ3n) is 3.93. The smallest absolute Gasteiger partial charge is 0.256 e. The van der Waals surface area contributed by atoms with Gasteiger partial charge in [0.2, 0.25) is 0 Å². The summed E-state index contributed by atoms with van der Waals surface area (Å²) in [5.74, 6) is -0.00117. The van der Waals surface area contributed by atoms with Gasteiger partial charge >= 0.3 is 0 Å². The molecular weight excluding hydrogens is 280 g/mol. The average molecular weight is 306 g/mol. The van der Waals surface area contributed by atoms with Crippen molar-refractivity contribution in [3.05, 3.63) is 29.8 Å². The van der Waals surface area contributed by atoms with Crippen LogP contribution in [0.4, 0.5) is 5.69 Å². The monoisotopic (exact) mass is 306 g/mol. The maximum absolute atomic E-state index is 12.7. The summed E-state index contributed by atoms with van der Waals surface area (Å²) < 4.78 is 5.03. The zero-order chi connectivity index (χ0) is 15.8. The molecule has 1 aliphatic heterocycles. The standard InChI is InChI=1S/C17H26N2O3/c1-22-12-5-4-10-18-16-9-3-2-8-15(16)17(21)19-11-6-7-14(20)13-19/h2-3,8-9,14,18,20H,4-7,10-13H2,1H3. The molecule has 1 aromatic rings. The molecule has 0 radical (unpaired) electrons. The number of nitrogens with zero attached hydrogens (tertiary/aromatic N) is 1. The Hall–Kier alpha value is -1.59. The minimum Gasteiger partial charge on any atom is -0.391 e. The number of para-hydroxylation sites is 1. The second-order valence-electron chi connectivity index (χ2n) is 5.72. The molecule has 1 saturated heterocycles. The van der Waals surface area contributed by atoms with Gasteiger partial charge in [-0.15, -0.1) is 0 Å². The molecule has 0 bridgehead atoms. The fourth-order valence-electron chi connectivity index (χ4n) is 2.73. The zero-order valence-corrected chi connectivity index (χ0v) is 13.3. The highest BCUT2D eigenvalue weighted by atomic mass is 16.5. The lowest BCUT2D eigenvalue weighted by Gasteiger charge is -2.30. The fourth-order valence-corrected chi connectivity index (χ4v) is 2.73. The maximum atomic E-state index is 12.7. The number of amides is 1. The summed E-state index contributed by atoms with van der Waals surface area (Å²) in [5, 5.41) is 13.1. The van der Waals surface area contributed by atoms with Crippen LogP contribution in [0.25, 0.3) is 0 Å². The Kier molecular flexibility index (Phi) is 6.68. The van der Waals surface area contributed by atoms with Crippen LogP contribution in [0.2, 0.25) is 0 Å². The number of rotatable bonds is 7. The minimum atomic E-state index is -0.396. The molecule has 0 aliphatic carbocycles. The van der Waals surface area contributed by atoms with Gasteiger partial charge in [-0.2, -0.15) is 0 Å². The number of hydrogen-bond acceptors (Lipinski definition) is 4. The second-order valence-corrected chi connectivity index (χ2v) is 5.72. The van der Waals surface area contributed by atoms with E-state index < -0.39 is 6.10 Å². The quantitative estimate of drug-likeness (QED) is 0.758. The number of unbranched alkanes of at least 4 members (excludes halogenated alkanes) is 1. The van der Waals surface area contributed by atoms with Crippen molar-refractivity contribution in [2.75, 3.05) is 38.7 Å². The second kappa shape index (κ2) is 8.76. The predicted octanol–water partition coefficient (Wildman–Crippen LogP) is 2.12. The van der Waals surface area contributed by atoms with E-state index in [2.05, 4.69) is 5.32 Å². The molecule has 1 aliphatic rings. The number of β-amino-alcohol motifs (C(OH)–C–C–N with tert-alkyl or cyclic N) is 1. The van der Waals surface area contributed by atoms with E-state index in [1.807, 2.05) is 24.3 Å². The van der Waals surface area contributed by atoms with Crippen LogP contribution in [0.5, 0.6) is 0 Å². The van der Waals surface area contributed by atoms with Crippen LogP contribution in [-0.2, 0) is 4.74 Å². The number of carbonyl (C=O) groups excluding carboxylic acids is 1. The fraction of sp³-hybridized carbons (Fsp3) is 0.588. The third kappa shape index (κ3) is 4.71. The lowest BCUT2D eigenvalue weighted by molar-refractivity contribution is 0.0474. The highest BCUT2D eigenvalue weighted by molar-refractivity contribution is 5.99. The van der Waals surface area contributed by atoms with E-state index in [1.165, 1.54) is 0 Å². The highest BCUT2D eigenvalue weighted by Gasteiger charge is 2.24. The van der Waals surface area contributed by atoms with Crippen LogP contribution in [0.3, 0.4) is 0 Å². The summed E-state index contributed by atoms with van der Waals surface area (Å²) in [5.41, 5.74) is 1.55. The number of ether oxygens (including phenoxy) is 1. The summed E-state index contributed by atoms with van der Waals surface area (Å²) >= 11 is 0. The van der Waals surface area contributed by atoms with Crippen molar-refractivity contribution in [2.45, 2.75) is 31.8 Å². The van der Waals surface area contributed by atoms with Gasteiger partial charge in [-0.25, -0.2) is 0 Å². The number of nitrogens with one attached hydrogen (secondary N) is 1. The molecule has 2 rings (SSSR count). The molecule has 2 N–H and O–H groups in total. The van der Waals surface area contributed by atoms with Gasteiger partial charge in [0.1, 0.15) is 0 Å². The van der Waals surface area contributed by atoms with Crippen molar-refractivity contribution in [1.29, 1.82) is 0 Å². The van der Waals surface area contributed by atoms with Crippen LogP contribution in [-0.4, -0.2) is 55.4 Å². The third-order valence-corrected chi connectivity index (χ3v) is 3.93. The summed E-state index contributed by atoms with van der Waals surface area (Å²) in [6.45, 7) is 2.73. The van der Waals surface area contributed by atoms with E-state index in [1.54, 1.807) is 12.0 Å². The van der Waals surface area contributed by atoms with Crippen LogP contribution < -0.4 is 5.32 Å². The van der Waals surface area contributed by atoms with E-state index in [0.29, 0.717) is 12.1 Å². The Labute approximate surface area is 132 Å². The number of anilines is 1. The molecule has 1 atom stereocenters. The van der Waals surface area contributed by atoms with Gasteiger partial charge in [0.15, 0.2) is 0 Å². The average Bonchev–Trinajstić information content (AvgIpc) is 2.54. The largest absolute Gasteiger partial charge is 0.391 e. The maximum Gasteiger partial charge on any atom is 0.256 e. The number of hydrogen-bond donors (Lipinski definition) is 2. The Balaban J connectivity index is 1.96. The first-order chi connectivity index (χ1) is 10.7. The molecule has 0 aromatic heterocycles. The van der Waals surface area contributed by atoms with Gasteiger partial charge in [0, 0.05) is 39.0 Å². The van der Waals surface area contributed by atoms with Gasteiger partial charge < -0.3 is 20.1 Å². The number of methoxy groups -OCH3 is 1. The summed E-state index contributed by atoms with van der Waals surface area (Å²) in [7, 11) is 1.70. The molecule has 1 unspecified atom stereocenters. The van der Waals surface area contributed by atoms with Gasteiger partial charge in [-0.1, -0.05) is 12.1 Å². The van der Waals surface area contributed by atoms with Gasteiger partial charge in [0.25, 0.3) is 5.91 Å². The summed E-state index contributed by atoms with van der Waals surface area (Å²) in [4.78, 5) is 14.4. The molecule has 122 valence electrons. The topological polar surface area (TPSA) is 61.8 Å². The minimum absolute atomic E-state index is 0.00117. The zero-order valence-electron chi connectivity index (χ0n) is 13.3. The Bertz CT molecular complexity index is 479. The van der Waals surface area contributed by atoms with E-state index in [0.717, 1.165) is 51.1 Å². The summed E-state index contributed by atoms with van der Waals surface area (Å²) in [6.07, 6.45) is 3.24. The van der Waals surface area contributed by atoms with E-state index in [9.17, 15) is 9.90 Å². The van der Waals surface area contributed by atoms with Gasteiger partial charge in [-0.05, 0) is 37.8 Å². The van der Waals surface area contributed by atoms with Gasteiger partial charge in [0.05, 0.1) is 11.7 Å². The normalized spacial score (nSPS) is 18.3. The molecule has 22 heavy (non-hydrogen) atoms. The number of aliphatic hydroxyl groups is 1. The molecule has 5 heteroatoms. The van der Waals surface area contributed by atoms with E-state index in [4.69, 9.17) is 4.74 Å². The highest BCUT2D eigenvalue weighted by Crippen LogP contribution is 2.20. The Morgan fingerprint density at radius 2 is 2.23 bits per heavy atom.